The number of carbonyl (C=O) groups excluding carboxylic acids is 2. The van der Waals surface area contributed by atoms with E-state index in [1.165, 1.54) is 7.11 Å². The maximum Gasteiger partial charge on any atom is 0.410 e. The van der Waals surface area contributed by atoms with Crippen LogP contribution in [-0.2, 0) is 9.47 Å². The quantitative estimate of drug-likeness (QED) is 0.616. The van der Waals surface area contributed by atoms with Crippen LogP contribution in [0.1, 0.15) is 42.7 Å². The molecule has 1 atom stereocenters. The van der Waals surface area contributed by atoms with Gasteiger partial charge in [0.1, 0.15) is 5.60 Å². The first-order valence-electron chi connectivity index (χ1n) is 6.50. The van der Waals surface area contributed by atoms with E-state index < -0.39 is 5.60 Å². The normalized spacial score (nSPS) is 17.6. The van der Waals surface area contributed by atoms with Crippen molar-refractivity contribution in [2.24, 2.45) is 0 Å². The van der Waals surface area contributed by atoms with Crippen LogP contribution in [0.5, 0.6) is 0 Å². The lowest BCUT2D eigenvalue weighted by atomic mass is 10.1. The Morgan fingerprint density at radius 2 is 1.80 bits per heavy atom. The molecule has 0 radical (unpaired) electrons. The Balaban J connectivity index is 1.98. The van der Waals surface area contributed by atoms with E-state index in [9.17, 15) is 9.59 Å². The second kappa shape index (κ2) is 5.15. The Morgan fingerprint density at radius 1 is 1.20 bits per heavy atom. The summed E-state index contributed by atoms with van der Waals surface area (Å²) in [4.78, 5) is 24.8. The minimum Gasteiger partial charge on any atom is -0.465 e. The molecule has 1 aromatic rings. The smallest absolute Gasteiger partial charge is 0.410 e. The highest BCUT2D eigenvalue weighted by Crippen LogP contribution is 2.36. The molecular weight excluding hydrogens is 258 g/mol. The van der Waals surface area contributed by atoms with Crippen molar-refractivity contribution in [3.8, 4) is 0 Å². The molecular formula is C15H19NO4. The fourth-order valence-corrected chi connectivity index (χ4v) is 1.91. The third-order valence-electron chi connectivity index (χ3n) is 2.96. The summed E-state index contributed by atoms with van der Waals surface area (Å²) in [5, 5.41) is 0. The Bertz CT molecular complexity index is 516. The third kappa shape index (κ3) is 3.29. The second-order valence-electron chi connectivity index (χ2n) is 5.76. The molecule has 1 aliphatic rings. The molecule has 1 fully saturated rings. The van der Waals surface area contributed by atoms with Crippen LogP contribution in [0.4, 0.5) is 4.79 Å². The molecule has 0 aliphatic carbocycles. The largest absolute Gasteiger partial charge is 0.465 e. The molecule has 108 valence electrons. The van der Waals surface area contributed by atoms with Gasteiger partial charge in [-0.25, -0.2) is 9.59 Å². The summed E-state index contributed by atoms with van der Waals surface area (Å²) in [7, 11) is 1.35. The molecule has 1 aliphatic heterocycles. The summed E-state index contributed by atoms with van der Waals surface area (Å²) < 4.78 is 9.95. The van der Waals surface area contributed by atoms with Gasteiger partial charge in [-0.1, -0.05) is 12.1 Å². The van der Waals surface area contributed by atoms with Crippen LogP contribution in [-0.4, -0.2) is 36.2 Å². The summed E-state index contributed by atoms with van der Waals surface area (Å²) in [5.41, 5.74) is 1.00. The van der Waals surface area contributed by atoms with Crippen molar-refractivity contribution in [1.82, 2.24) is 4.90 Å². The Morgan fingerprint density at radius 3 is 2.30 bits per heavy atom. The van der Waals surface area contributed by atoms with Crippen LogP contribution in [0.3, 0.4) is 0 Å². The fraction of sp³-hybridized carbons (Fsp3) is 0.467. The van der Waals surface area contributed by atoms with Gasteiger partial charge >= 0.3 is 12.1 Å². The average Bonchev–Trinajstić information content (AvgIpc) is 3.16. The number of hydrogen-bond donors (Lipinski definition) is 0. The lowest BCUT2D eigenvalue weighted by Crippen LogP contribution is -2.27. The molecule has 0 spiro atoms. The summed E-state index contributed by atoms with van der Waals surface area (Å²) in [5.74, 6) is -0.364. The molecule has 1 amide bonds. The van der Waals surface area contributed by atoms with E-state index in [1.54, 1.807) is 17.0 Å². The predicted octanol–water partition coefficient (Wildman–Crippen LogP) is 2.77. The minimum atomic E-state index is -0.487. The lowest BCUT2D eigenvalue weighted by molar-refractivity contribution is 0.0406. The van der Waals surface area contributed by atoms with E-state index >= 15 is 0 Å². The molecule has 0 saturated carbocycles. The number of esters is 1. The van der Waals surface area contributed by atoms with E-state index in [2.05, 4.69) is 4.74 Å². The van der Waals surface area contributed by atoms with Crippen molar-refractivity contribution in [2.75, 3.05) is 13.7 Å². The number of amides is 1. The van der Waals surface area contributed by atoms with Crippen molar-refractivity contribution in [1.29, 1.82) is 0 Å². The van der Waals surface area contributed by atoms with E-state index in [1.807, 2.05) is 32.9 Å². The van der Waals surface area contributed by atoms with Gasteiger partial charge in [-0.15, -0.1) is 0 Å². The summed E-state index contributed by atoms with van der Waals surface area (Å²) >= 11 is 0. The van der Waals surface area contributed by atoms with Gasteiger partial charge in [-0.2, -0.15) is 0 Å². The number of ether oxygens (including phenoxy) is 2. The Hall–Kier alpha value is -2.04. The van der Waals surface area contributed by atoms with Gasteiger partial charge < -0.3 is 9.47 Å². The summed E-state index contributed by atoms with van der Waals surface area (Å²) in [6.07, 6.45) is -0.306. The van der Waals surface area contributed by atoms with Crippen LogP contribution in [0, 0.1) is 0 Å². The van der Waals surface area contributed by atoms with Gasteiger partial charge in [0.2, 0.25) is 0 Å². The number of benzene rings is 1. The number of rotatable bonds is 2. The molecule has 1 aromatic carbocycles. The molecule has 1 heterocycles. The minimum absolute atomic E-state index is 0.0385. The van der Waals surface area contributed by atoms with E-state index in [0.29, 0.717) is 12.1 Å². The molecule has 5 nitrogen and oxygen atoms in total. The van der Waals surface area contributed by atoms with E-state index in [0.717, 1.165) is 5.56 Å². The van der Waals surface area contributed by atoms with Crippen LogP contribution < -0.4 is 0 Å². The van der Waals surface area contributed by atoms with Crippen molar-refractivity contribution in [3.05, 3.63) is 35.4 Å². The average molecular weight is 277 g/mol. The fourth-order valence-electron chi connectivity index (χ4n) is 1.91. The first kappa shape index (κ1) is 14.4. The number of hydrogen-bond acceptors (Lipinski definition) is 4. The zero-order chi connectivity index (χ0) is 14.9. The number of methoxy groups -OCH3 is 1. The van der Waals surface area contributed by atoms with E-state index in [4.69, 9.17) is 4.74 Å². The van der Waals surface area contributed by atoms with Gasteiger partial charge in [0.15, 0.2) is 0 Å². The molecule has 0 aromatic heterocycles. The van der Waals surface area contributed by atoms with Crippen LogP contribution >= 0.6 is 0 Å². The van der Waals surface area contributed by atoms with Crippen molar-refractivity contribution >= 4 is 12.1 Å². The van der Waals surface area contributed by atoms with Gasteiger partial charge in [-0.3, -0.25) is 4.90 Å². The molecule has 5 heteroatoms. The highest BCUT2D eigenvalue weighted by atomic mass is 16.6. The highest BCUT2D eigenvalue weighted by molar-refractivity contribution is 5.89. The summed E-state index contributed by atoms with van der Waals surface area (Å²) in [6.45, 7) is 6.17. The summed E-state index contributed by atoms with van der Waals surface area (Å²) in [6, 6.07) is 7.11. The predicted molar refractivity (Wildman–Crippen MR) is 73.5 cm³/mol. The lowest BCUT2D eigenvalue weighted by Gasteiger charge is -2.19. The van der Waals surface area contributed by atoms with Crippen molar-refractivity contribution < 1.29 is 19.1 Å². The van der Waals surface area contributed by atoms with Crippen molar-refractivity contribution in [3.63, 3.8) is 0 Å². The molecule has 0 bridgehead atoms. The molecule has 2 rings (SSSR count). The topological polar surface area (TPSA) is 55.6 Å². The monoisotopic (exact) mass is 277 g/mol. The number of nitrogens with zero attached hydrogens (tertiary/aromatic N) is 1. The Kier molecular flexibility index (Phi) is 3.70. The second-order valence-corrected chi connectivity index (χ2v) is 5.76. The van der Waals surface area contributed by atoms with Crippen molar-refractivity contribution in [2.45, 2.75) is 32.4 Å². The van der Waals surface area contributed by atoms with Gasteiger partial charge in [0, 0.05) is 6.54 Å². The third-order valence-corrected chi connectivity index (χ3v) is 2.96. The van der Waals surface area contributed by atoms with Crippen LogP contribution in [0.25, 0.3) is 0 Å². The zero-order valence-corrected chi connectivity index (χ0v) is 12.2. The first-order chi connectivity index (χ1) is 9.31. The van der Waals surface area contributed by atoms with Gasteiger partial charge in [-0.05, 0) is 38.5 Å². The maximum absolute atomic E-state index is 11.9. The van der Waals surface area contributed by atoms with Crippen LogP contribution in [0.15, 0.2) is 24.3 Å². The zero-order valence-electron chi connectivity index (χ0n) is 12.2. The molecule has 20 heavy (non-hydrogen) atoms. The molecule has 1 unspecified atom stereocenters. The van der Waals surface area contributed by atoms with Gasteiger partial charge in [0.05, 0.1) is 18.7 Å². The molecule has 0 N–H and O–H groups in total. The molecule has 1 saturated heterocycles. The van der Waals surface area contributed by atoms with E-state index in [-0.39, 0.29) is 18.1 Å². The highest BCUT2D eigenvalue weighted by Gasteiger charge is 2.42. The maximum atomic E-state index is 11.9. The van der Waals surface area contributed by atoms with Gasteiger partial charge in [0.25, 0.3) is 0 Å². The number of carbonyl (C=O) groups is 2. The van der Waals surface area contributed by atoms with Crippen LogP contribution in [0.2, 0.25) is 0 Å². The Labute approximate surface area is 118 Å². The standard InChI is InChI=1S/C15H19NO4/c1-15(2,3)20-14(18)16-9-12(16)10-5-7-11(8-6-10)13(17)19-4/h5-8,12H,9H2,1-4H3. The first-order valence-corrected chi connectivity index (χ1v) is 6.50. The SMILES string of the molecule is COC(=O)c1ccc(C2CN2C(=O)OC(C)(C)C)cc1.